The second-order valence-electron chi connectivity index (χ2n) is 7.12. The summed E-state index contributed by atoms with van der Waals surface area (Å²) in [6.45, 7) is 5.81. The summed E-state index contributed by atoms with van der Waals surface area (Å²) in [7, 11) is 1.54. The summed E-state index contributed by atoms with van der Waals surface area (Å²) >= 11 is 0. The van der Waals surface area contributed by atoms with Crippen LogP contribution in [0.1, 0.15) is 37.0 Å². The maximum absolute atomic E-state index is 14.0. The van der Waals surface area contributed by atoms with E-state index in [0.29, 0.717) is 18.0 Å². The lowest BCUT2D eigenvalue weighted by molar-refractivity contribution is -0.139. The first-order valence-corrected chi connectivity index (χ1v) is 8.44. The maximum atomic E-state index is 14.0. The smallest absolute Gasteiger partial charge is 0.206 e. The predicted molar refractivity (Wildman–Crippen MR) is 94.3 cm³/mol. The zero-order valence-electron chi connectivity index (χ0n) is 14.9. The van der Waals surface area contributed by atoms with Crippen molar-refractivity contribution in [2.45, 2.75) is 45.3 Å². The van der Waals surface area contributed by atoms with Gasteiger partial charge in [0.05, 0.1) is 7.11 Å². The number of nitrogens with zero attached hydrogens (tertiary/aromatic N) is 1. The first-order chi connectivity index (χ1) is 11.9. The van der Waals surface area contributed by atoms with Crippen LogP contribution in [-0.4, -0.2) is 22.8 Å². The largest absolute Gasteiger partial charge is 0.493 e. The van der Waals surface area contributed by atoms with E-state index in [1.54, 1.807) is 19.2 Å². The standard InChI is InChI=1S/C20H24FNO3/c1-20(2,22-12-15-5-4-6-17(21)16(15)13-22)10-9-14-7-8-18(25-23)19(11-14)24-3/h4-8,11,23H,9-10,12-13H2,1-3H3. The molecule has 0 spiro atoms. The molecule has 3 rings (SSSR count). The van der Waals surface area contributed by atoms with Crippen LogP contribution in [0.15, 0.2) is 36.4 Å². The maximum Gasteiger partial charge on any atom is 0.206 e. The number of rotatable bonds is 6. The third kappa shape index (κ3) is 3.62. The minimum absolute atomic E-state index is 0.0646. The summed E-state index contributed by atoms with van der Waals surface area (Å²) in [6, 6.07) is 10.8. The molecule has 0 fully saturated rings. The van der Waals surface area contributed by atoms with Gasteiger partial charge in [0.25, 0.3) is 0 Å². The SMILES string of the molecule is COc1cc(CCC(C)(C)N2Cc3cccc(F)c3C2)ccc1OO. The van der Waals surface area contributed by atoms with E-state index in [2.05, 4.69) is 23.6 Å². The van der Waals surface area contributed by atoms with Crippen LogP contribution in [0.3, 0.4) is 0 Å². The van der Waals surface area contributed by atoms with E-state index in [1.165, 1.54) is 6.07 Å². The Morgan fingerprint density at radius 1 is 1.16 bits per heavy atom. The summed E-state index contributed by atoms with van der Waals surface area (Å²) < 4.78 is 19.2. The first-order valence-electron chi connectivity index (χ1n) is 8.44. The lowest BCUT2D eigenvalue weighted by Crippen LogP contribution is -2.40. The molecule has 1 aliphatic heterocycles. The van der Waals surface area contributed by atoms with Crippen molar-refractivity contribution >= 4 is 0 Å². The van der Waals surface area contributed by atoms with Crippen molar-refractivity contribution in [1.29, 1.82) is 0 Å². The Balaban J connectivity index is 1.68. The van der Waals surface area contributed by atoms with Gasteiger partial charge in [0.1, 0.15) is 5.82 Å². The highest BCUT2D eigenvalue weighted by Crippen LogP contribution is 2.34. The predicted octanol–water partition coefficient (Wildman–Crippen LogP) is 4.41. The van der Waals surface area contributed by atoms with Gasteiger partial charge in [-0.1, -0.05) is 18.2 Å². The molecular formula is C20H24FNO3. The highest BCUT2D eigenvalue weighted by Gasteiger charge is 2.32. The van der Waals surface area contributed by atoms with Crippen molar-refractivity contribution in [2.75, 3.05) is 7.11 Å². The van der Waals surface area contributed by atoms with Crippen LogP contribution in [0.5, 0.6) is 11.5 Å². The summed E-state index contributed by atoms with van der Waals surface area (Å²) in [6.07, 6.45) is 1.77. The minimum atomic E-state index is -0.111. The fourth-order valence-corrected chi connectivity index (χ4v) is 3.36. The number of fused-ring (bicyclic) bond motifs is 1. The molecule has 2 aromatic rings. The van der Waals surface area contributed by atoms with Gasteiger partial charge in [0.2, 0.25) is 5.75 Å². The fourth-order valence-electron chi connectivity index (χ4n) is 3.36. The van der Waals surface area contributed by atoms with E-state index in [9.17, 15) is 4.39 Å². The third-order valence-corrected chi connectivity index (χ3v) is 5.13. The molecule has 25 heavy (non-hydrogen) atoms. The van der Waals surface area contributed by atoms with Crippen molar-refractivity contribution in [3.63, 3.8) is 0 Å². The highest BCUT2D eigenvalue weighted by molar-refractivity contribution is 5.42. The van der Waals surface area contributed by atoms with Crippen molar-refractivity contribution < 1.29 is 19.3 Å². The van der Waals surface area contributed by atoms with Crippen LogP contribution >= 0.6 is 0 Å². The molecule has 0 atom stereocenters. The Kier molecular flexibility index (Phi) is 4.97. The minimum Gasteiger partial charge on any atom is -0.493 e. The van der Waals surface area contributed by atoms with Gasteiger partial charge in [-0.05, 0) is 56.0 Å². The number of ether oxygens (including phenoxy) is 1. The van der Waals surface area contributed by atoms with Crippen LogP contribution in [0.25, 0.3) is 0 Å². The number of hydrogen-bond donors (Lipinski definition) is 1. The average Bonchev–Trinajstić information content (AvgIpc) is 3.06. The van der Waals surface area contributed by atoms with Crippen molar-refractivity contribution in [3.05, 3.63) is 58.9 Å². The Morgan fingerprint density at radius 3 is 2.64 bits per heavy atom. The van der Waals surface area contributed by atoms with E-state index in [4.69, 9.17) is 9.99 Å². The monoisotopic (exact) mass is 345 g/mol. The first kappa shape index (κ1) is 17.7. The lowest BCUT2D eigenvalue weighted by atomic mass is 9.93. The fraction of sp³-hybridized carbons (Fsp3) is 0.400. The summed E-state index contributed by atoms with van der Waals surface area (Å²) in [5, 5.41) is 8.83. The zero-order chi connectivity index (χ0) is 18.0. The van der Waals surface area contributed by atoms with Gasteiger partial charge >= 0.3 is 0 Å². The molecule has 0 saturated heterocycles. The van der Waals surface area contributed by atoms with Gasteiger partial charge in [-0.2, -0.15) is 0 Å². The molecule has 0 unspecified atom stereocenters. The number of methoxy groups -OCH3 is 1. The van der Waals surface area contributed by atoms with Crippen LogP contribution in [0.2, 0.25) is 0 Å². The molecular weight excluding hydrogens is 321 g/mol. The molecule has 4 nitrogen and oxygen atoms in total. The van der Waals surface area contributed by atoms with Gasteiger partial charge in [0, 0.05) is 24.2 Å². The summed E-state index contributed by atoms with van der Waals surface area (Å²) in [4.78, 5) is 6.62. The van der Waals surface area contributed by atoms with Crippen LogP contribution < -0.4 is 9.62 Å². The highest BCUT2D eigenvalue weighted by atomic mass is 19.1. The van der Waals surface area contributed by atoms with E-state index < -0.39 is 0 Å². The molecule has 1 aliphatic rings. The van der Waals surface area contributed by atoms with Gasteiger partial charge in [0.15, 0.2) is 5.75 Å². The molecule has 0 saturated carbocycles. The van der Waals surface area contributed by atoms with Crippen LogP contribution in [0.4, 0.5) is 4.39 Å². The molecule has 134 valence electrons. The molecule has 2 aromatic carbocycles. The van der Waals surface area contributed by atoms with Crippen molar-refractivity contribution in [2.24, 2.45) is 0 Å². The molecule has 0 radical (unpaired) electrons. The van der Waals surface area contributed by atoms with Gasteiger partial charge in [-0.15, -0.1) is 0 Å². The number of benzene rings is 2. The Labute approximate surface area is 147 Å². The van der Waals surface area contributed by atoms with Gasteiger partial charge in [-0.25, -0.2) is 9.65 Å². The number of halogens is 1. The lowest BCUT2D eigenvalue weighted by Gasteiger charge is -2.35. The molecule has 0 amide bonds. The third-order valence-electron chi connectivity index (χ3n) is 5.13. The second-order valence-corrected chi connectivity index (χ2v) is 7.12. The van der Waals surface area contributed by atoms with E-state index in [0.717, 1.165) is 36.1 Å². The number of hydrogen-bond acceptors (Lipinski definition) is 4. The van der Waals surface area contributed by atoms with E-state index in [1.807, 2.05) is 18.2 Å². The van der Waals surface area contributed by atoms with Crippen LogP contribution in [0, 0.1) is 5.82 Å². The summed E-state index contributed by atoms with van der Waals surface area (Å²) in [5.74, 6) is 0.699. The Bertz CT molecular complexity index is 761. The van der Waals surface area contributed by atoms with Crippen molar-refractivity contribution in [3.8, 4) is 11.5 Å². The number of aryl methyl sites for hydroxylation is 1. The Hall–Kier alpha value is -2.11. The molecule has 5 heteroatoms. The molecule has 1 N–H and O–H groups in total. The van der Waals surface area contributed by atoms with Crippen LogP contribution in [-0.2, 0) is 19.5 Å². The average molecular weight is 345 g/mol. The molecule has 0 aliphatic carbocycles. The topological polar surface area (TPSA) is 41.9 Å². The Morgan fingerprint density at radius 2 is 1.96 bits per heavy atom. The quantitative estimate of drug-likeness (QED) is 0.622. The van der Waals surface area contributed by atoms with E-state index >= 15 is 0 Å². The molecule has 1 heterocycles. The van der Waals surface area contributed by atoms with Crippen molar-refractivity contribution in [1.82, 2.24) is 4.90 Å². The van der Waals surface area contributed by atoms with E-state index in [-0.39, 0.29) is 11.4 Å². The normalized spacial score (nSPS) is 14.4. The second kappa shape index (κ2) is 7.02. The molecule has 0 aromatic heterocycles. The molecule has 0 bridgehead atoms. The van der Waals surface area contributed by atoms with Gasteiger partial charge < -0.3 is 9.62 Å². The zero-order valence-corrected chi connectivity index (χ0v) is 14.9. The van der Waals surface area contributed by atoms with Gasteiger partial charge in [-0.3, -0.25) is 4.90 Å². The summed E-state index contributed by atoms with van der Waals surface area (Å²) in [5.41, 5.74) is 2.94.